The van der Waals surface area contributed by atoms with Gasteiger partial charge in [-0.3, -0.25) is 14.5 Å². The van der Waals surface area contributed by atoms with Gasteiger partial charge in [0.2, 0.25) is 0 Å². The van der Waals surface area contributed by atoms with Crippen LogP contribution in [0.1, 0.15) is 17.4 Å². The molecular weight excluding hydrogens is 405 g/mol. The first-order valence-electron chi connectivity index (χ1n) is 9.28. The maximum Gasteiger partial charge on any atom is 0.300 e. The fourth-order valence-corrected chi connectivity index (χ4v) is 3.59. The summed E-state index contributed by atoms with van der Waals surface area (Å²) in [5.41, 5.74) is 0.103. The molecule has 0 saturated carbocycles. The molecule has 4 rings (SSSR count). The van der Waals surface area contributed by atoms with E-state index in [2.05, 4.69) is 0 Å². The smallest absolute Gasteiger partial charge is 0.300 e. The third-order valence-corrected chi connectivity index (χ3v) is 5.01. The summed E-state index contributed by atoms with van der Waals surface area (Å²) in [5.74, 6) is -1.98. The molecule has 2 heterocycles. The summed E-state index contributed by atoms with van der Waals surface area (Å²) in [6, 6.07) is 12.0. The molecule has 0 radical (unpaired) electrons. The van der Waals surface area contributed by atoms with Crippen LogP contribution in [0.3, 0.4) is 0 Å². The first kappa shape index (κ1) is 20.2. The van der Waals surface area contributed by atoms with Crippen LogP contribution in [-0.4, -0.2) is 31.0 Å². The van der Waals surface area contributed by atoms with Crippen LogP contribution in [-0.2, 0) is 9.59 Å². The molecule has 1 aromatic heterocycles. The molecule has 0 aliphatic carbocycles. The Morgan fingerprint density at radius 2 is 1.87 bits per heavy atom. The van der Waals surface area contributed by atoms with E-state index in [-0.39, 0.29) is 28.3 Å². The molecule has 0 spiro atoms. The Morgan fingerprint density at radius 1 is 1.06 bits per heavy atom. The van der Waals surface area contributed by atoms with Gasteiger partial charge in [-0.05, 0) is 48.5 Å². The Kier molecular flexibility index (Phi) is 5.21. The lowest BCUT2D eigenvalue weighted by molar-refractivity contribution is -0.132. The first-order chi connectivity index (χ1) is 15.0. The molecule has 0 bridgehead atoms. The fraction of sp³-hybridized carbons (Fsp3) is 0.130. The molecule has 158 valence electrons. The number of hydrogen-bond acceptors (Lipinski definition) is 6. The molecule has 8 heteroatoms. The average molecular weight is 423 g/mol. The number of hydrogen-bond donors (Lipinski definition) is 1. The van der Waals surface area contributed by atoms with Gasteiger partial charge in [0.25, 0.3) is 11.7 Å². The highest BCUT2D eigenvalue weighted by Crippen LogP contribution is 2.43. The molecule has 1 amide bonds. The molecule has 1 N–H and O–H groups in total. The van der Waals surface area contributed by atoms with Gasteiger partial charge in [-0.2, -0.15) is 0 Å². The zero-order valence-electron chi connectivity index (χ0n) is 16.7. The highest BCUT2D eigenvalue weighted by molar-refractivity contribution is 6.51. The van der Waals surface area contributed by atoms with Crippen LogP contribution < -0.4 is 14.4 Å². The number of benzene rings is 2. The minimum atomic E-state index is -1.10. The Bertz CT molecular complexity index is 1180. The van der Waals surface area contributed by atoms with Gasteiger partial charge >= 0.3 is 0 Å². The number of ether oxygens (including phenoxy) is 2. The lowest BCUT2D eigenvalue weighted by Crippen LogP contribution is -2.29. The van der Waals surface area contributed by atoms with Crippen molar-refractivity contribution in [2.45, 2.75) is 6.04 Å². The number of methoxy groups -OCH3 is 2. The molecule has 1 atom stereocenters. The highest BCUT2D eigenvalue weighted by atomic mass is 19.1. The minimum Gasteiger partial charge on any atom is -0.507 e. The summed E-state index contributed by atoms with van der Waals surface area (Å²) in [4.78, 5) is 27.1. The third kappa shape index (κ3) is 3.42. The van der Waals surface area contributed by atoms with Crippen molar-refractivity contribution in [3.8, 4) is 11.5 Å². The number of Topliss-reactive ketones (excluding diaryl/α,β-unsaturated/α-hetero) is 1. The monoisotopic (exact) mass is 423 g/mol. The number of halogens is 1. The molecule has 1 unspecified atom stereocenters. The van der Waals surface area contributed by atoms with Crippen molar-refractivity contribution in [1.29, 1.82) is 0 Å². The van der Waals surface area contributed by atoms with Crippen LogP contribution in [0.15, 0.2) is 70.9 Å². The highest BCUT2D eigenvalue weighted by Gasteiger charge is 2.48. The third-order valence-electron chi connectivity index (χ3n) is 5.01. The number of ketones is 1. The van der Waals surface area contributed by atoms with Crippen LogP contribution >= 0.6 is 0 Å². The number of carbonyl (C=O) groups excluding carboxylic acids is 2. The van der Waals surface area contributed by atoms with Crippen molar-refractivity contribution >= 4 is 23.1 Å². The maximum atomic E-state index is 13.9. The minimum absolute atomic E-state index is 0.153. The summed E-state index contributed by atoms with van der Waals surface area (Å²) in [5, 5.41) is 11.2. The number of rotatable bonds is 5. The van der Waals surface area contributed by atoms with E-state index in [4.69, 9.17) is 13.9 Å². The van der Waals surface area contributed by atoms with Gasteiger partial charge in [0.05, 0.1) is 31.6 Å². The number of aliphatic hydroxyl groups is 1. The van der Waals surface area contributed by atoms with Gasteiger partial charge in [0, 0.05) is 5.69 Å². The summed E-state index contributed by atoms with van der Waals surface area (Å²) < 4.78 is 29.9. The van der Waals surface area contributed by atoms with Gasteiger partial charge in [-0.1, -0.05) is 6.07 Å². The Hall–Kier alpha value is -4.07. The molecule has 31 heavy (non-hydrogen) atoms. The summed E-state index contributed by atoms with van der Waals surface area (Å²) in [7, 11) is 2.87. The normalized spacial score (nSPS) is 17.8. The van der Waals surface area contributed by atoms with Crippen LogP contribution in [0.4, 0.5) is 10.1 Å². The SMILES string of the molecule is COc1ccc(OC)c(/C(O)=C2/C(=O)C(=O)N(c3cccc(F)c3)C2c2ccco2)c1. The van der Waals surface area contributed by atoms with E-state index >= 15 is 0 Å². The largest absolute Gasteiger partial charge is 0.507 e. The van der Waals surface area contributed by atoms with Crippen molar-refractivity contribution < 1.29 is 33.0 Å². The van der Waals surface area contributed by atoms with E-state index in [0.29, 0.717) is 5.75 Å². The topological polar surface area (TPSA) is 89.2 Å². The summed E-state index contributed by atoms with van der Waals surface area (Å²) >= 11 is 0. The molecule has 1 fully saturated rings. The second kappa shape index (κ2) is 7.98. The van der Waals surface area contributed by atoms with Gasteiger partial charge in [0.15, 0.2) is 0 Å². The van der Waals surface area contributed by atoms with E-state index in [1.807, 2.05) is 0 Å². The van der Waals surface area contributed by atoms with Crippen molar-refractivity contribution in [2.24, 2.45) is 0 Å². The van der Waals surface area contributed by atoms with Crippen LogP contribution in [0.5, 0.6) is 11.5 Å². The van der Waals surface area contributed by atoms with Crippen LogP contribution in [0, 0.1) is 5.82 Å². The number of carbonyl (C=O) groups is 2. The summed E-state index contributed by atoms with van der Waals surface area (Å²) in [6.07, 6.45) is 1.38. The van der Waals surface area contributed by atoms with Crippen molar-refractivity contribution in [3.63, 3.8) is 0 Å². The lowest BCUT2D eigenvalue weighted by Gasteiger charge is -2.23. The molecular formula is C23H18FNO6. The summed E-state index contributed by atoms with van der Waals surface area (Å²) in [6.45, 7) is 0. The quantitative estimate of drug-likeness (QED) is 0.378. The van der Waals surface area contributed by atoms with E-state index < -0.39 is 29.3 Å². The average Bonchev–Trinajstić information content (AvgIpc) is 3.40. The maximum absolute atomic E-state index is 13.9. The molecule has 7 nitrogen and oxygen atoms in total. The fourth-order valence-electron chi connectivity index (χ4n) is 3.59. The second-order valence-electron chi connectivity index (χ2n) is 6.73. The number of aliphatic hydroxyl groups excluding tert-OH is 1. The number of anilines is 1. The second-order valence-corrected chi connectivity index (χ2v) is 6.73. The number of amides is 1. The standard InChI is InChI=1S/C23H18FNO6/c1-29-15-8-9-17(30-2)16(12-15)21(26)19-20(18-7-4-10-31-18)25(23(28)22(19)27)14-6-3-5-13(24)11-14/h3-12,20,26H,1-2H3/b21-19-. The van der Waals surface area contributed by atoms with E-state index in [0.717, 1.165) is 11.0 Å². The van der Waals surface area contributed by atoms with Gasteiger partial charge in [0.1, 0.15) is 34.9 Å². The Labute approximate surface area is 176 Å². The number of nitrogens with zero attached hydrogens (tertiary/aromatic N) is 1. The molecule has 1 saturated heterocycles. The zero-order chi connectivity index (χ0) is 22.1. The lowest BCUT2D eigenvalue weighted by atomic mass is 9.98. The van der Waals surface area contributed by atoms with E-state index in [9.17, 15) is 19.1 Å². The predicted octanol–water partition coefficient (Wildman–Crippen LogP) is 4.06. The molecule has 2 aromatic carbocycles. The Balaban J connectivity index is 1.96. The van der Waals surface area contributed by atoms with Crippen molar-refractivity contribution in [3.05, 3.63) is 83.6 Å². The van der Waals surface area contributed by atoms with Gasteiger partial charge in [-0.25, -0.2) is 4.39 Å². The van der Waals surface area contributed by atoms with Crippen molar-refractivity contribution in [2.75, 3.05) is 19.1 Å². The van der Waals surface area contributed by atoms with E-state index in [1.54, 1.807) is 24.3 Å². The van der Waals surface area contributed by atoms with Crippen molar-refractivity contribution in [1.82, 2.24) is 0 Å². The molecule has 3 aromatic rings. The van der Waals surface area contributed by atoms with Crippen LogP contribution in [0.25, 0.3) is 5.76 Å². The van der Waals surface area contributed by atoms with E-state index in [1.165, 1.54) is 44.7 Å². The van der Waals surface area contributed by atoms with Gasteiger partial charge < -0.3 is 19.0 Å². The molecule has 1 aliphatic heterocycles. The predicted molar refractivity (Wildman–Crippen MR) is 109 cm³/mol. The van der Waals surface area contributed by atoms with Crippen LogP contribution in [0.2, 0.25) is 0 Å². The number of furan rings is 1. The Morgan fingerprint density at radius 3 is 2.52 bits per heavy atom. The molecule has 1 aliphatic rings. The zero-order valence-corrected chi connectivity index (χ0v) is 16.7. The first-order valence-corrected chi connectivity index (χ1v) is 9.28. The van der Waals surface area contributed by atoms with Gasteiger partial charge in [-0.15, -0.1) is 0 Å².